The molecule has 0 unspecified atom stereocenters. The predicted molar refractivity (Wildman–Crippen MR) is 90.5 cm³/mol. The molecule has 0 aliphatic carbocycles. The SMILES string of the molecule is O=C1c2cccc3c(OS(=O)(=O)c4ccccc4)ccc(c23)C(=O)N1O. The van der Waals surface area contributed by atoms with Crippen molar-refractivity contribution in [3.63, 3.8) is 0 Å². The van der Waals surface area contributed by atoms with Crippen LogP contribution in [0, 0.1) is 0 Å². The lowest BCUT2D eigenvalue weighted by Gasteiger charge is -2.22. The van der Waals surface area contributed by atoms with Crippen molar-refractivity contribution >= 4 is 32.7 Å². The van der Waals surface area contributed by atoms with Crippen LogP contribution in [0.15, 0.2) is 65.6 Å². The van der Waals surface area contributed by atoms with Gasteiger partial charge < -0.3 is 4.18 Å². The van der Waals surface area contributed by atoms with Crippen molar-refractivity contribution < 1.29 is 27.4 Å². The maximum absolute atomic E-state index is 12.5. The first kappa shape index (κ1) is 16.2. The van der Waals surface area contributed by atoms with Gasteiger partial charge in [0.05, 0.1) is 11.1 Å². The van der Waals surface area contributed by atoms with E-state index in [9.17, 15) is 23.2 Å². The molecule has 130 valence electrons. The Morgan fingerprint density at radius 3 is 2.15 bits per heavy atom. The lowest BCUT2D eigenvalue weighted by molar-refractivity contribution is -0.0377. The van der Waals surface area contributed by atoms with Gasteiger partial charge in [-0.15, -0.1) is 5.06 Å². The maximum Gasteiger partial charge on any atom is 0.339 e. The third-order valence-corrected chi connectivity index (χ3v) is 5.33. The number of hydrogen-bond acceptors (Lipinski definition) is 6. The molecule has 1 N–H and O–H groups in total. The Morgan fingerprint density at radius 1 is 0.808 bits per heavy atom. The number of imide groups is 1. The molecule has 2 amide bonds. The molecule has 7 nitrogen and oxygen atoms in total. The van der Waals surface area contributed by atoms with Gasteiger partial charge in [0.2, 0.25) is 0 Å². The third-order valence-electron chi connectivity index (χ3n) is 4.08. The second-order valence-electron chi connectivity index (χ2n) is 5.61. The van der Waals surface area contributed by atoms with Crippen LogP contribution < -0.4 is 4.18 Å². The van der Waals surface area contributed by atoms with E-state index in [2.05, 4.69) is 0 Å². The molecular formula is C18H11NO6S. The first-order valence-corrected chi connectivity index (χ1v) is 8.94. The zero-order valence-electron chi connectivity index (χ0n) is 13.1. The van der Waals surface area contributed by atoms with Gasteiger partial charge in [0.1, 0.15) is 4.90 Å². The summed E-state index contributed by atoms with van der Waals surface area (Å²) in [5.74, 6) is -1.77. The summed E-state index contributed by atoms with van der Waals surface area (Å²) in [7, 11) is -4.09. The second kappa shape index (κ2) is 5.65. The van der Waals surface area contributed by atoms with Crippen LogP contribution in [0.1, 0.15) is 20.7 Å². The molecule has 0 bridgehead atoms. The number of nitrogens with zero attached hydrogens (tertiary/aromatic N) is 1. The Labute approximate surface area is 148 Å². The van der Waals surface area contributed by atoms with Crippen molar-refractivity contribution in [3.05, 3.63) is 71.8 Å². The summed E-state index contributed by atoms with van der Waals surface area (Å²) in [6, 6.07) is 14.8. The summed E-state index contributed by atoms with van der Waals surface area (Å²) in [5.41, 5.74) is 0.171. The molecule has 0 saturated heterocycles. The topological polar surface area (TPSA) is 101 Å². The Morgan fingerprint density at radius 2 is 1.46 bits per heavy atom. The molecule has 1 aliphatic rings. The van der Waals surface area contributed by atoms with Gasteiger partial charge in [-0.05, 0) is 30.3 Å². The highest BCUT2D eigenvalue weighted by atomic mass is 32.2. The largest absolute Gasteiger partial charge is 0.378 e. The van der Waals surface area contributed by atoms with Gasteiger partial charge in [0, 0.05) is 10.8 Å². The van der Waals surface area contributed by atoms with Gasteiger partial charge in [-0.25, -0.2) is 0 Å². The molecule has 0 fully saturated rings. The number of carbonyl (C=O) groups excluding carboxylic acids is 2. The van der Waals surface area contributed by atoms with Gasteiger partial charge in [-0.3, -0.25) is 14.8 Å². The second-order valence-corrected chi connectivity index (χ2v) is 7.16. The molecule has 3 aromatic carbocycles. The Balaban J connectivity index is 1.90. The molecule has 8 heteroatoms. The first-order valence-electron chi connectivity index (χ1n) is 7.53. The first-order chi connectivity index (χ1) is 12.4. The Kier molecular flexibility index (Phi) is 3.53. The molecule has 0 radical (unpaired) electrons. The average molecular weight is 369 g/mol. The Hall–Kier alpha value is -3.23. The molecule has 1 heterocycles. The molecule has 0 spiro atoms. The monoisotopic (exact) mass is 369 g/mol. The Bertz CT molecular complexity index is 1150. The standard InChI is InChI=1S/C18H11NO6S/c20-17-13-8-4-7-12-15(10-9-14(16(12)13)18(21)19(17)22)25-26(23,24)11-5-2-1-3-6-11/h1-10,22H. The van der Waals surface area contributed by atoms with Crippen LogP contribution in [0.5, 0.6) is 5.75 Å². The van der Waals surface area contributed by atoms with E-state index in [-0.39, 0.29) is 37.6 Å². The van der Waals surface area contributed by atoms with Crippen LogP contribution in [-0.2, 0) is 10.1 Å². The summed E-state index contributed by atoms with van der Waals surface area (Å²) in [4.78, 5) is 24.2. The number of hydrogen-bond donors (Lipinski definition) is 1. The van der Waals surface area contributed by atoms with Crippen molar-refractivity contribution in [3.8, 4) is 5.75 Å². The van der Waals surface area contributed by atoms with Gasteiger partial charge >= 0.3 is 10.1 Å². The van der Waals surface area contributed by atoms with Crippen molar-refractivity contribution in [2.75, 3.05) is 0 Å². The highest BCUT2D eigenvalue weighted by Crippen LogP contribution is 2.36. The summed E-state index contributed by atoms with van der Waals surface area (Å²) in [6.45, 7) is 0. The molecule has 4 rings (SSSR count). The lowest BCUT2D eigenvalue weighted by atomic mass is 9.94. The quantitative estimate of drug-likeness (QED) is 0.433. The summed E-state index contributed by atoms with van der Waals surface area (Å²) in [5, 5.41) is 10.2. The molecule has 0 saturated carbocycles. The minimum Gasteiger partial charge on any atom is -0.378 e. The van der Waals surface area contributed by atoms with Crippen molar-refractivity contribution in [1.29, 1.82) is 0 Å². The van der Waals surface area contributed by atoms with Crippen LogP contribution in [0.2, 0.25) is 0 Å². The van der Waals surface area contributed by atoms with Gasteiger partial charge in [-0.1, -0.05) is 30.3 Å². The zero-order chi connectivity index (χ0) is 18.5. The predicted octanol–water partition coefficient (Wildman–Crippen LogP) is 2.59. The molecule has 0 aromatic heterocycles. The van der Waals surface area contributed by atoms with Gasteiger partial charge in [0.25, 0.3) is 11.8 Å². The van der Waals surface area contributed by atoms with E-state index in [0.29, 0.717) is 0 Å². The van der Waals surface area contributed by atoms with E-state index in [4.69, 9.17) is 4.18 Å². The highest BCUT2D eigenvalue weighted by Gasteiger charge is 2.33. The molecule has 0 atom stereocenters. The van der Waals surface area contributed by atoms with Gasteiger partial charge in [0.15, 0.2) is 5.75 Å². The minimum absolute atomic E-state index is 0.0126. The number of hydroxylamine groups is 2. The van der Waals surface area contributed by atoms with Crippen molar-refractivity contribution in [1.82, 2.24) is 5.06 Å². The number of rotatable bonds is 3. The summed E-state index contributed by atoms with van der Waals surface area (Å²) < 4.78 is 30.2. The molecule has 1 aliphatic heterocycles. The summed E-state index contributed by atoms with van der Waals surface area (Å²) >= 11 is 0. The molecular weight excluding hydrogens is 358 g/mol. The van der Waals surface area contributed by atoms with Crippen LogP contribution in [-0.4, -0.2) is 30.5 Å². The van der Waals surface area contributed by atoms with E-state index < -0.39 is 21.9 Å². The highest BCUT2D eigenvalue weighted by molar-refractivity contribution is 7.87. The van der Waals surface area contributed by atoms with E-state index in [1.807, 2.05) is 0 Å². The normalized spacial score (nSPS) is 14.0. The molecule has 26 heavy (non-hydrogen) atoms. The fourth-order valence-electron chi connectivity index (χ4n) is 2.88. The maximum atomic E-state index is 12.5. The molecule has 3 aromatic rings. The lowest BCUT2D eigenvalue weighted by Crippen LogP contribution is -2.37. The van der Waals surface area contributed by atoms with Crippen LogP contribution >= 0.6 is 0 Å². The third kappa shape index (κ3) is 2.35. The fraction of sp³-hybridized carbons (Fsp3) is 0. The fourth-order valence-corrected chi connectivity index (χ4v) is 3.85. The van der Waals surface area contributed by atoms with Crippen LogP contribution in [0.4, 0.5) is 0 Å². The minimum atomic E-state index is -4.09. The van der Waals surface area contributed by atoms with Crippen LogP contribution in [0.25, 0.3) is 10.8 Å². The summed E-state index contributed by atoms with van der Waals surface area (Å²) in [6.07, 6.45) is 0. The van der Waals surface area contributed by atoms with Crippen LogP contribution in [0.3, 0.4) is 0 Å². The van der Waals surface area contributed by atoms with E-state index >= 15 is 0 Å². The van der Waals surface area contributed by atoms with Crippen molar-refractivity contribution in [2.45, 2.75) is 4.90 Å². The van der Waals surface area contributed by atoms with E-state index in [1.165, 1.54) is 36.4 Å². The number of carbonyl (C=O) groups is 2. The van der Waals surface area contributed by atoms with Crippen molar-refractivity contribution in [2.24, 2.45) is 0 Å². The number of benzene rings is 3. The smallest absolute Gasteiger partial charge is 0.339 e. The average Bonchev–Trinajstić information content (AvgIpc) is 2.65. The van der Waals surface area contributed by atoms with E-state index in [1.54, 1.807) is 24.3 Å². The van der Waals surface area contributed by atoms with Gasteiger partial charge in [-0.2, -0.15) is 8.42 Å². The van der Waals surface area contributed by atoms with E-state index in [0.717, 1.165) is 0 Å². The zero-order valence-corrected chi connectivity index (χ0v) is 13.9. The number of amides is 2.